The number of amides is 1. The summed E-state index contributed by atoms with van der Waals surface area (Å²) in [4.78, 5) is 14.7. The second-order valence-corrected chi connectivity index (χ2v) is 7.62. The van der Waals surface area contributed by atoms with Crippen molar-refractivity contribution in [1.29, 1.82) is 0 Å². The lowest BCUT2D eigenvalue weighted by molar-refractivity contribution is -0.120. The van der Waals surface area contributed by atoms with Crippen molar-refractivity contribution in [3.05, 3.63) is 59.2 Å². The maximum atomic E-state index is 12.3. The fraction of sp³-hybridized carbons (Fsp3) is 0.435. The van der Waals surface area contributed by atoms with E-state index in [1.54, 1.807) is 7.11 Å². The third-order valence-electron chi connectivity index (χ3n) is 5.27. The Labute approximate surface area is 162 Å². The topological polar surface area (TPSA) is 41.6 Å². The highest BCUT2D eigenvalue weighted by atomic mass is 16.5. The number of anilines is 1. The zero-order chi connectivity index (χ0) is 19.2. The van der Waals surface area contributed by atoms with Crippen molar-refractivity contribution in [2.45, 2.75) is 39.7 Å². The zero-order valence-electron chi connectivity index (χ0n) is 16.6. The number of methoxy groups -OCH3 is 1. The number of nitrogens with zero attached hydrogens (tertiary/aromatic N) is 1. The van der Waals surface area contributed by atoms with Gasteiger partial charge in [-0.25, -0.2) is 0 Å². The fourth-order valence-corrected chi connectivity index (χ4v) is 3.75. The van der Waals surface area contributed by atoms with Crippen LogP contribution in [0.25, 0.3) is 0 Å². The molecule has 27 heavy (non-hydrogen) atoms. The molecule has 1 saturated heterocycles. The smallest absolute Gasteiger partial charge is 0.224 e. The van der Waals surface area contributed by atoms with E-state index in [9.17, 15) is 4.79 Å². The van der Waals surface area contributed by atoms with Gasteiger partial charge in [0.1, 0.15) is 5.75 Å². The molecule has 1 heterocycles. The van der Waals surface area contributed by atoms with Gasteiger partial charge < -0.3 is 15.0 Å². The molecule has 4 heteroatoms. The van der Waals surface area contributed by atoms with Crippen LogP contribution in [0.1, 0.15) is 36.5 Å². The van der Waals surface area contributed by atoms with E-state index in [4.69, 9.17) is 4.74 Å². The van der Waals surface area contributed by atoms with Gasteiger partial charge in [-0.15, -0.1) is 0 Å². The first-order valence-corrected chi connectivity index (χ1v) is 9.79. The quantitative estimate of drug-likeness (QED) is 0.837. The van der Waals surface area contributed by atoms with Crippen molar-refractivity contribution in [2.24, 2.45) is 5.92 Å². The van der Waals surface area contributed by atoms with E-state index in [0.717, 1.165) is 41.4 Å². The number of aryl methyl sites for hydroxylation is 1. The van der Waals surface area contributed by atoms with Crippen molar-refractivity contribution >= 4 is 11.6 Å². The summed E-state index contributed by atoms with van der Waals surface area (Å²) in [6.45, 7) is 7.15. The molecule has 0 spiro atoms. The molecular weight excluding hydrogens is 336 g/mol. The molecule has 1 unspecified atom stereocenters. The Morgan fingerprint density at radius 3 is 2.59 bits per heavy atom. The summed E-state index contributed by atoms with van der Waals surface area (Å²) in [5.41, 5.74) is 4.46. The average molecular weight is 367 g/mol. The summed E-state index contributed by atoms with van der Waals surface area (Å²) in [6.07, 6.45) is 2.98. The van der Waals surface area contributed by atoms with Crippen LogP contribution in [-0.2, 0) is 17.8 Å². The molecule has 0 saturated carbocycles. The van der Waals surface area contributed by atoms with E-state index in [0.29, 0.717) is 13.0 Å². The summed E-state index contributed by atoms with van der Waals surface area (Å²) in [7, 11) is 1.66. The first-order chi connectivity index (χ1) is 13.0. The SMILES string of the molecule is COc1ccc(CC(=O)NCc2ccc(N3CCCC(C)C3)cc2)cc1C. The van der Waals surface area contributed by atoms with Gasteiger partial charge in [-0.1, -0.05) is 31.2 Å². The highest BCUT2D eigenvalue weighted by Gasteiger charge is 2.16. The highest BCUT2D eigenvalue weighted by molar-refractivity contribution is 5.78. The number of carbonyl (C=O) groups excluding carboxylic acids is 1. The van der Waals surface area contributed by atoms with Crippen LogP contribution >= 0.6 is 0 Å². The minimum atomic E-state index is 0.0356. The van der Waals surface area contributed by atoms with Gasteiger partial charge in [-0.2, -0.15) is 0 Å². The Morgan fingerprint density at radius 1 is 1.19 bits per heavy atom. The van der Waals surface area contributed by atoms with E-state index in [1.807, 2.05) is 25.1 Å². The molecule has 2 aromatic rings. The molecule has 144 valence electrons. The van der Waals surface area contributed by atoms with E-state index < -0.39 is 0 Å². The second-order valence-electron chi connectivity index (χ2n) is 7.62. The minimum absolute atomic E-state index is 0.0356. The molecule has 4 nitrogen and oxygen atoms in total. The van der Waals surface area contributed by atoms with Crippen LogP contribution in [-0.4, -0.2) is 26.1 Å². The van der Waals surface area contributed by atoms with E-state index in [1.165, 1.54) is 18.5 Å². The molecule has 0 aromatic heterocycles. The van der Waals surface area contributed by atoms with Crippen LogP contribution in [0.15, 0.2) is 42.5 Å². The van der Waals surface area contributed by atoms with Crippen molar-refractivity contribution in [2.75, 3.05) is 25.1 Å². The number of hydrogen-bond acceptors (Lipinski definition) is 3. The van der Waals surface area contributed by atoms with Crippen LogP contribution in [0.2, 0.25) is 0 Å². The molecular formula is C23H30N2O2. The monoisotopic (exact) mass is 366 g/mol. The number of nitrogens with one attached hydrogen (secondary N) is 1. The Hall–Kier alpha value is -2.49. The maximum Gasteiger partial charge on any atom is 0.224 e. The molecule has 1 aliphatic heterocycles. The molecule has 0 aliphatic carbocycles. The van der Waals surface area contributed by atoms with Crippen LogP contribution in [0.5, 0.6) is 5.75 Å². The maximum absolute atomic E-state index is 12.3. The number of piperidine rings is 1. The molecule has 2 aromatic carbocycles. The zero-order valence-corrected chi connectivity index (χ0v) is 16.6. The number of carbonyl (C=O) groups is 1. The third-order valence-corrected chi connectivity index (χ3v) is 5.27. The lowest BCUT2D eigenvalue weighted by Crippen LogP contribution is -2.34. The number of rotatable bonds is 6. The van der Waals surface area contributed by atoms with Crippen LogP contribution < -0.4 is 15.0 Å². The van der Waals surface area contributed by atoms with Crippen molar-refractivity contribution in [3.8, 4) is 5.75 Å². The van der Waals surface area contributed by atoms with Gasteiger partial charge in [0.2, 0.25) is 5.91 Å². The molecule has 1 amide bonds. The van der Waals surface area contributed by atoms with Gasteiger partial charge in [0, 0.05) is 25.3 Å². The highest BCUT2D eigenvalue weighted by Crippen LogP contribution is 2.23. The normalized spacial score (nSPS) is 16.9. The first-order valence-electron chi connectivity index (χ1n) is 9.79. The predicted octanol–water partition coefficient (Wildman–Crippen LogP) is 4.10. The van der Waals surface area contributed by atoms with E-state index in [-0.39, 0.29) is 5.91 Å². The number of benzene rings is 2. The molecule has 1 aliphatic rings. The van der Waals surface area contributed by atoms with Crippen molar-refractivity contribution in [1.82, 2.24) is 5.32 Å². The van der Waals surface area contributed by atoms with E-state index >= 15 is 0 Å². The van der Waals surface area contributed by atoms with Crippen molar-refractivity contribution < 1.29 is 9.53 Å². The number of hydrogen-bond donors (Lipinski definition) is 1. The fourth-order valence-electron chi connectivity index (χ4n) is 3.75. The Balaban J connectivity index is 1.50. The molecule has 3 rings (SSSR count). The second kappa shape index (κ2) is 8.94. The van der Waals surface area contributed by atoms with Gasteiger partial charge in [0.15, 0.2) is 0 Å². The Bertz CT molecular complexity index is 770. The third kappa shape index (κ3) is 5.25. The first kappa shape index (κ1) is 19.3. The summed E-state index contributed by atoms with van der Waals surface area (Å²) in [5.74, 6) is 1.65. The molecule has 1 atom stereocenters. The summed E-state index contributed by atoms with van der Waals surface area (Å²) >= 11 is 0. The Morgan fingerprint density at radius 2 is 1.93 bits per heavy atom. The van der Waals surface area contributed by atoms with Crippen LogP contribution in [0.4, 0.5) is 5.69 Å². The van der Waals surface area contributed by atoms with Crippen LogP contribution in [0.3, 0.4) is 0 Å². The van der Waals surface area contributed by atoms with Gasteiger partial charge in [-0.05, 0) is 60.6 Å². The lowest BCUT2D eigenvalue weighted by atomic mass is 9.99. The standard InChI is InChI=1S/C23H30N2O2/c1-17-5-4-12-25(16-17)21-9-6-19(7-10-21)15-24-23(26)14-20-8-11-22(27-3)18(2)13-20/h6-11,13,17H,4-5,12,14-16H2,1-3H3,(H,24,26). The average Bonchev–Trinajstić information content (AvgIpc) is 2.67. The predicted molar refractivity (Wildman–Crippen MR) is 110 cm³/mol. The number of ether oxygens (including phenoxy) is 1. The van der Waals surface area contributed by atoms with Crippen LogP contribution in [0, 0.1) is 12.8 Å². The largest absolute Gasteiger partial charge is 0.496 e. The van der Waals surface area contributed by atoms with Gasteiger partial charge in [0.05, 0.1) is 13.5 Å². The summed E-state index contributed by atoms with van der Waals surface area (Å²) in [6, 6.07) is 14.4. The van der Waals surface area contributed by atoms with Crippen molar-refractivity contribution in [3.63, 3.8) is 0 Å². The molecule has 1 N–H and O–H groups in total. The van der Waals surface area contributed by atoms with Gasteiger partial charge in [0.25, 0.3) is 0 Å². The summed E-state index contributed by atoms with van der Waals surface area (Å²) < 4.78 is 5.27. The van der Waals surface area contributed by atoms with Gasteiger partial charge in [-0.3, -0.25) is 4.79 Å². The lowest BCUT2D eigenvalue weighted by Gasteiger charge is -2.32. The molecule has 1 fully saturated rings. The van der Waals surface area contributed by atoms with Gasteiger partial charge >= 0.3 is 0 Å². The summed E-state index contributed by atoms with van der Waals surface area (Å²) in [5, 5.41) is 3.02. The minimum Gasteiger partial charge on any atom is -0.496 e. The molecule has 0 radical (unpaired) electrons. The molecule has 0 bridgehead atoms. The van der Waals surface area contributed by atoms with E-state index in [2.05, 4.69) is 41.4 Å². The Kier molecular flexibility index (Phi) is 6.38.